The smallest absolute Gasteiger partial charge is 0.246 e. The van der Waals surface area contributed by atoms with Crippen LogP contribution in [0.4, 0.5) is 4.39 Å². The molecule has 1 aliphatic rings. The molecule has 6 nitrogen and oxygen atoms in total. The van der Waals surface area contributed by atoms with Crippen molar-refractivity contribution in [2.75, 3.05) is 13.1 Å². The Morgan fingerprint density at radius 1 is 1.21 bits per heavy atom. The van der Waals surface area contributed by atoms with Crippen LogP contribution in [-0.2, 0) is 19.6 Å². The molecular weight excluding hydrogens is 343 g/mol. The zero-order valence-electron chi connectivity index (χ0n) is 9.39. The summed E-state index contributed by atoms with van der Waals surface area (Å²) in [6.07, 6.45) is 0. The zero-order chi connectivity index (χ0) is 14.2. The van der Waals surface area contributed by atoms with Crippen LogP contribution in [0.5, 0.6) is 0 Å². The summed E-state index contributed by atoms with van der Waals surface area (Å²) >= 11 is 3.01. The maximum atomic E-state index is 13.7. The summed E-state index contributed by atoms with van der Waals surface area (Å²) in [6.45, 7) is -1.02. The van der Waals surface area contributed by atoms with Crippen LogP contribution in [-0.4, -0.2) is 37.6 Å². The van der Waals surface area contributed by atoms with Gasteiger partial charge in [0.05, 0.1) is 13.1 Å². The monoisotopic (exact) mass is 350 g/mol. The zero-order valence-corrected chi connectivity index (χ0v) is 11.8. The van der Waals surface area contributed by atoms with Crippen molar-refractivity contribution in [3.63, 3.8) is 0 Å². The highest BCUT2D eigenvalue weighted by Crippen LogP contribution is 2.23. The normalized spacial score (nSPS) is 17.4. The van der Waals surface area contributed by atoms with Crippen molar-refractivity contribution in [1.29, 1.82) is 0 Å². The lowest BCUT2D eigenvalue weighted by Crippen LogP contribution is -2.53. The molecule has 0 atom stereocenters. The lowest BCUT2D eigenvalue weighted by molar-refractivity contribution is -0.134. The number of hydrogen-bond acceptors (Lipinski definition) is 4. The molecule has 0 spiro atoms. The second kappa shape index (κ2) is 4.99. The Morgan fingerprint density at radius 2 is 1.79 bits per heavy atom. The SMILES string of the molecule is O=C1CN(S(=O)(=O)c2ccc(Br)cc2F)CC(=O)N1. The van der Waals surface area contributed by atoms with E-state index in [0.29, 0.717) is 8.78 Å². The maximum absolute atomic E-state index is 13.7. The molecule has 0 saturated carbocycles. The van der Waals surface area contributed by atoms with Gasteiger partial charge in [0, 0.05) is 4.47 Å². The van der Waals surface area contributed by atoms with Gasteiger partial charge in [-0.3, -0.25) is 14.9 Å². The second-order valence-corrected chi connectivity index (χ2v) is 6.64. The Hall–Kier alpha value is -1.32. The molecule has 0 unspecified atom stereocenters. The molecule has 102 valence electrons. The minimum Gasteiger partial charge on any atom is -0.294 e. The van der Waals surface area contributed by atoms with Gasteiger partial charge in [-0.1, -0.05) is 15.9 Å². The lowest BCUT2D eigenvalue weighted by Gasteiger charge is -2.24. The molecule has 0 radical (unpaired) electrons. The van der Waals surface area contributed by atoms with Crippen molar-refractivity contribution in [1.82, 2.24) is 9.62 Å². The Morgan fingerprint density at radius 3 is 2.32 bits per heavy atom. The first-order valence-electron chi connectivity index (χ1n) is 5.08. The summed E-state index contributed by atoms with van der Waals surface area (Å²) < 4.78 is 39.0. The molecule has 2 amide bonds. The van der Waals surface area contributed by atoms with Gasteiger partial charge in [-0.25, -0.2) is 12.8 Å². The number of sulfonamides is 1. The summed E-state index contributed by atoms with van der Waals surface area (Å²) in [6, 6.07) is 3.44. The standard InChI is InChI=1S/C10H8BrFN2O4S/c11-6-1-2-8(7(12)3-6)19(17,18)14-4-9(15)13-10(16)5-14/h1-3H,4-5H2,(H,13,15,16). The third kappa shape index (κ3) is 2.82. The summed E-state index contributed by atoms with van der Waals surface area (Å²) in [5, 5.41) is 1.97. The van der Waals surface area contributed by atoms with E-state index in [0.717, 1.165) is 12.1 Å². The van der Waals surface area contributed by atoms with Gasteiger partial charge in [0.25, 0.3) is 0 Å². The molecule has 1 aromatic carbocycles. The maximum Gasteiger partial charge on any atom is 0.246 e. The molecular formula is C10H8BrFN2O4S. The lowest BCUT2D eigenvalue weighted by atomic mass is 10.3. The summed E-state index contributed by atoms with van der Waals surface area (Å²) in [4.78, 5) is 21.8. The van der Waals surface area contributed by atoms with E-state index >= 15 is 0 Å². The number of nitrogens with zero attached hydrogens (tertiary/aromatic N) is 1. The van der Waals surface area contributed by atoms with Crippen LogP contribution in [0.15, 0.2) is 27.6 Å². The van der Waals surface area contributed by atoms with E-state index in [1.165, 1.54) is 6.07 Å². The third-order valence-corrected chi connectivity index (χ3v) is 4.75. The number of hydrogen-bond donors (Lipinski definition) is 1. The Balaban J connectivity index is 2.42. The highest BCUT2D eigenvalue weighted by molar-refractivity contribution is 9.10. The van der Waals surface area contributed by atoms with Gasteiger partial charge in [-0.15, -0.1) is 0 Å². The van der Waals surface area contributed by atoms with Crippen LogP contribution in [0.25, 0.3) is 0 Å². The number of carbonyl (C=O) groups excluding carboxylic acids is 2. The van der Waals surface area contributed by atoms with Gasteiger partial charge in [-0.05, 0) is 18.2 Å². The molecule has 1 aliphatic heterocycles. The second-order valence-electron chi connectivity index (χ2n) is 3.82. The number of rotatable bonds is 2. The molecule has 1 N–H and O–H groups in total. The Bertz CT molecular complexity index is 645. The summed E-state index contributed by atoms with van der Waals surface area (Å²) in [5.41, 5.74) is 0. The molecule has 1 aromatic rings. The van der Waals surface area contributed by atoms with Crippen molar-refractivity contribution >= 4 is 37.8 Å². The first-order chi connectivity index (χ1) is 8.80. The molecule has 1 saturated heterocycles. The van der Waals surface area contributed by atoms with Gasteiger partial charge in [0.2, 0.25) is 21.8 Å². The minimum atomic E-state index is -4.22. The van der Waals surface area contributed by atoms with Crippen LogP contribution in [0.2, 0.25) is 0 Å². The van der Waals surface area contributed by atoms with Crippen LogP contribution < -0.4 is 5.32 Å². The van der Waals surface area contributed by atoms with Crippen molar-refractivity contribution < 1.29 is 22.4 Å². The van der Waals surface area contributed by atoms with Gasteiger partial charge in [-0.2, -0.15) is 4.31 Å². The number of imide groups is 1. The van der Waals surface area contributed by atoms with Crippen molar-refractivity contribution in [3.8, 4) is 0 Å². The Kier molecular flexibility index (Phi) is 3.70. The molecule has 2 rings (SSSR count). The number of amides is 2. The van der Waals surface area contributed by atoms with E-state index in [2.05, 4.69) is 15.9 Å². The van der Waals surface area contributed by atoms with Crippen molar-refractivity contribution in [3.05, 3.63) is 28.5 Å². The first kappa shape index (κ1) is 14.1. The fourth-order valence-corrected chi connectivity index (χ4v) is 3.34. The highest BCUT2D eigenvalue weighted by atomic mass is 79.9. The molecule has 0 aliphatic carbocycles. The highest BCUT2D eigenvalue weighted by Gasteiger charge is 2.34. The predicted octanol–water partition coefficient (Wildman–Crippen LogP) is 0.235. The van der Waals surface area contributed by atoms with E-state index in [-0.39, 0.29) is 0 Å². The fraction of sp³-hybridized carbons (Fsp3) is 0.200. The number of nitrogens with one attached hydrogen (secondary N) is 1. The average Bonchev–Trinajstić information content (AvgIpc) is 2.26. The third-order valence-electron chi connectivity index (χ3n) is 2.43. The molecule has 9 heteroatoms. The predicted molar refractivity (Wildman–Crippen MR) is 66.0 cm³/mol. The van der Waals surface area contributed by atoms with E-state index in [1.807, 2.05) is 5.32 Å². The number of benzene rings is 1. The largest absolute Gasteiger partial charge is 0.294 e. The topological polar surface area (TPSA) is 83.6 Å². The Labute approximate surface area is 116 Å². The number of piperazine rings is 1. The van der Waals surface area contributed by atoms with Crippen LogP contribution >= 0.6 is 15.9 Å². The summed E-state index contributed by atoms with van der Waals surface area (Å²) in [7, 11) is -4.22. The van der Waals surface area contributed by atoms with Crippen LogP contribution in [0.3, 0.4) is 0 Å². The van der Waals surface area contributed by atoms with Gasteiger partial charge < -0.3 is 0 Å². The van der Waals surface area contributed by atoms with E-state index in [4.69, 9.17) is 0 Å². The quantitative estimate of drug-likeness (QED) is 0.774. The molecule has 19 heavy (non-hydrogen) atoms. The number of halogens is 2. The number of carbonyl (C=O) groups is 2. The minimum absolute atomic E-state index is 0.386. The first-order valence-corrected chi connectivity index (χ1v) is 7.32. The average molecular weight is 351 g/mol. The van der Waals surface area contributed by atoms with Gasteiger partial charge in [0.15, 0.2) is 0 Å². The van der Waals surface area contributed by atoms with Crippen LogP contribution in [0, 0.1) is 5.82 Å². The van der Waals surface area contributed by atoms with E-state index in [9.17, 15) is 22.4 Å². The van der Waals surface area contributed by atoms with E-state index in [1.54, 1.807) is 0 Å². The van der Waals surface area contributed by atoms with Gasteiger partial charge in [0.1, 0.15) is 10.7 Å². The fourth-order valence-electron chi connectivity index (χ4n) is 1.60. The van der Waals surface area contributed by atoms with E-state index < -0.39 is 45.6 Å². The molecule has 0 aromatic heterocycles. The molecule has 1 fully saturated rings. The van der Waals surface area contributed by atoms with Crippen molar-refractivity contribution in [2.24, 2.45) is 0 Å². The van der Waals surface area contributed by atoms with Crippen LogP contribution in [0.1, 0.15) is 0 Å². The van der Waals surface area contributed by atoms with Crippen molar-refractivity contribution in [2.45, 2.75) is 4.90 Å². The molecule has 0 bridgehead atoms. The summed E-state index contributed by atoms with van der Waals surface area (Å²) in [5.74, 6) is -2.43. The molecule has 1 heterocycles. The van der Waals surface area contributed by atoms with Gasteiger partial charge >= 0.3 is 0 Å².